The zero-order valence-corrected chi connectivity index (χ0v) is 9.11. The Balaban J connectivity index is 2.06. The number of anilines is 1. The SMILES string of the molecule is c1ccc(N2CSCCSC2)cc1. The van der Waals surface area contributed by atoms with Gasteiger partial charge in [-0.3, -0.25) is 0 Å². The van der Waals surface area contributed by atoms with Crippen molar-refractivity contribution >= 4 is 29.2 Å². The van der Waals surface area contributed by atoms with E-state index in [2.05, 4.69) is 35.2 Å². The summed E-state index contributed by atoms with van der Waals surface area (Å²) >= 11 is 4.05. The minimum absolute atomic E-state index is 1.14. The first-order valence-corrected chi connectivity index (χ1v) is 6.73. The van der Waals surface area contributed by atoms with Crippen LogP contribution in [0.3, 0.4) is 0 Å². The molecule has 0 unspecified atom stereocenters. The second-order valence-electron chi connectivity index (χ2n) is 2.95. The third kappa shape index (κ3) is 2.58. The predicted octanol–water partition coefficient (Wildman–Crippen LogP) is 2.89. The maximum absolute atomic E-state index is 2.43. The van der Waals surface area contributed by atoms with Crippen molar-refractivity contribution in [3.63, 3.8) is 0 Å². The molecule has 0 atom stereocenters. The van der Waals surface area contributed by atoms with Gasteiger partial charge >= 0.3 is 0 Å². The van der Waals surface area contributed by atoms with Gasteiger partial charge in [0.15, 0.2) is 0 Å². The summed E-state index contributed by atoms with van der Waals surface area (Å²) in [5, 5.41) is 0. The number of para-hydroxylation sites is 1. The van der Waals surface area contributed by atoms with Gasteiger partial charge in [0.1, 0.15) is 0 Å². The second kappa shape index (κ2) is 4.82. The van der Waals surface area contributed by atoms with Crippen molar-refractivity contribution in [2.45, 2.75) is 0 Å². The minimum atomic E-state index is 1.14. The molecule has 70 valence electrons. The van der Waals surface area contributed by atoms with Gasteiger partial charge in [0, 0.05) is 17.2 Å². The largest absolute Gasteiger partial charge is 0.353 e. The molecule has 0 radical (unpaired) electrons. The Morgan fingerprint density at radius 2 is 1.54 bits per heavy atom. The van der Waals surface area contributed by atoms with Gasteiger partial charge in [0.05, 0.1) is 11.8 Å². The summed E-state index contributed by atoms with van der Waals surface area (Å²) in [5.41, 5.74) is 1.35. The summed E-state index contributed by atoms with van der Waals surface area (Å²) in [6.07, 6.45) is 0. The average molecular weight is 211 g/mol. The van der Waals surface area contributed by atoms with E-state index in [0.717, 1.165) is 11.8 Å². The number of benzene rings is 1. The molecule has 1 aliphatic heterocycles. The molecule has 0 aromatic heterocycles. The van der Waals surface area contributed by atoms with E-state index in [9.17, 15) is 0 Å². The van der Waals surface area contributed by atoms with Crippen LogP contribution in [-0.4, -0.2) is 23.3 Å². The molecule has 3 heteroatoms. The van der Waals surface area contributed by atoms with Crippen molar-refractivity contribution < 1.29 is 0 Å². The van der Waals surface area contributed by atoms with E-state index in [1.165, 1.54) is 17.2 Å². The Morgan fingerprint density at radius 1 is 0.923 bits per heavy atom. The van der Waals surface area contributed by atoms with Gasteiger partial charge in [-0.05, 0) is 12.1 Å². The highest BCUT2D eigenvalue weighted by Gasteiger charge is 2.08. The standard InChI is InChI=1S/C10H13NS2/c1-2-4-10(5-3-1)11-8-12-6-7-13-9-11/h1-5H,6-9H2. The van der Waals surface area contributed by atoms with Crippen molar-refractivity contribution in [3.8, 4) is 0 Å². The van der Waals surface area contributed by atoms with Crippen LogP contribution < -0.4 is 4.90 Å². The van der Waals surface area contributed by atoms with E-state index in [1.807, 2.05) is 23.5 Å². The Hall–Kier alpha value is -0.280. The molecule has 1 nitrogen and oxygen atoms in total. The van der Waals surface area contributed by atoms with E-state index in [0.29, 0.717) is 0 Å². The molecule has 1 aromatic rings. The van der Waals surface area contributed by atoms with Crippen LogP contribution in [-0.2, 0) is 0 Å². The maximum Gasteiger partial charge on any atom is 0.0648 e. The monoisotopic (exact) mass is 211 g/mol. The highest BCUT2D eigenvalue weighted by molar-refractivity contribution is 8.03. The number of hydrogen-bond acceptors (Lipinski definition) is 3. The molecule has 13 heavy (non-hydrogen) atoms. The fraction of sp³-hybridized carbons (Fsp3) is 0.400. The Kier molecular flexibility index (Phi) is 3.44. The summed E-state index contributed by atoms with van der Waals surface area (Å²) in [6, 6.07) is 10.7. The van der Waals surface area contributed by atoms with Gasteiger partial charge in [-0.15, -0.1) is 23.5 Å². The van der Waals surface area contributed by atoms with Gasteiger partial charge in [0.25, 0.3) is 0 Å². The molecule has 1 heterocycles. The third-order valence-corrected chi connectivity index (χ3v) is 4.22. The molecular weight excluding hydrogens is 198 g/mol. The Labute approximate surface area is 87.9 Å². The van der Waals surface area contributed by atoms with E-state index in [-0.39, 0.29) is 0 Å². The molecule has 2 rings (SSSR count). The molecule has 1 fully saturated rings. The number of thioether (sulfide) groups is 2. The molecule has 0 saturated carbocycles. The lowest BCUT2D eigenvalue weighted by atomic mass is 10.3. The second-order valence-corrected chi connectivity index (χ2v) is 5.10. The van der Waals surface area contributed by atoms with Crippen LogP contribution in [0.25, 0.3) is 0 Å². The lowest BCUT2D eigenvalue weighted by Gasteiger charge is -2.21. The minimum Gasteiger partial charge on any atom is -0.353 e. The van der Waals surface area contributed by atoms with Crippen LogP contribution in [0.1, 0.15) is 0 Å². The first-order chi connectivity index (χ1) is 6.47. The van der Waals surface area contributed by atoms with Gasteiger partial charge < -0.3 is 4.90 Å². The topological polar surface area (TPSA) is 3.24 Å². The van der Waals surface area contributed by atoms with Crippen molar-refractivity contribution in [2.75, 3.05) is 28.2 Å². The fourth-order valence-corrected chi connectivity index (χ4v) is 3.53. The molecule has 0 spiro atoms. The first kappa shape index (κ1) is 9.28. The predicted molar refractivity (Wildman–Crippen MR) is 63.6 cm³/mol. The van der Waals surface area contributed by atoms with Crippen LogP contribution in [0.5, 0.6) is 0 Å². The fourth-order valence-electron chi connectivity index (χ4n) is 1.29. The molecule has 1 aromatic carbocycles. The number of hydrogen-bond donors (Lipinski definition) is 0. The van der Waals surface area contributed by atoms with Gasteiger partial charge in [0.2, 0.25) is 0 Å². The van der Waals surface area contributed by atoms with E-state index in [1.54, 1.807) is 0 Å². The van der Waals surface area contributed by atoms with Crippen molar-refractivity contribution in [2.24, 2.45) is 0 Å². The molecular formula is C10H13NS2. The van der Waals surface area contributed by atoms with E-state index < -0.39 is 0 Å². The maximum atomic E-state index is 2.43. The van der Waals surface area contributed by atoms with Gasteiger partial charge in [-0.25, -0.2) is 0 Å². The quantitative estimate of drug-likeness (QED) is 0.703. The summed E-state index contributed by atoms with van der Waals surface area (Å²) < 4.78 is 0. The van der Waals surface area contributed by atoms with Crippen LogP contribution in [0, 0.1) is 0 Å². The highest BCUT2D eigenvalue weighted by Crippen LogP contribution is 2.23. The lowest BCUT2D eigenvalue weighted by molar-refractivity contribution is 1.07. The molecule has 1 saturated heterocycles. The zero-order valence-electron chi connectivity index (χ0n) is 7.48. The summed E-state index contributed by atoms with van der Waals surface area (Å²) in [7, 11) is 0. The Morgan fingerprint density at radius 3 is 2.15 bits per heavy atom. The van der Waals surface area contributed by atoms with Crippen LogP contribution in [0.2, 0.25) is 0 Å². The molecule has 1 aliphatic rings. The first-order valence-electron chi connectivity index (χ1n) is 4.42. The molecule has 0 N–H and O–H groups in total. The lowest BCUT2D eigenvalue weighted by Crippen LogP contribution is -2.20. The normalized spacial score (nSPS) is 18.3. The van der Waals surface area contributed by atoms with Gasteiger partial charge in [-0.1, -0.05) is 18.2 Å². The Bertz CT molecular complexity index is 242. The summed E-state index contributed by atoms with van der Waals surface area (Å²) in [6.45, 7) is 0. The summed E-state index contributed by atoms with van der Waals surface area (Å²) in [4.78, 5) is 2.43. The van der Waals surface area contributed by atoms with E-state index in [4.69, 9.17) is 0 Å². The molecule has 0 bridgehead atoms. The molecule has 0 amide bonds. The number of nitrogens with zero attached hydrogens (tertiary/aromatic N) is 1. The smallest absolute Gasteiger partial charge is 0.0648 e. The molecule has 0 aliphatic carbocycles. The van der Waals surface area contributed by atoms with Crippen LogP contribution in [0.4, 0.5) is 5.69 Å². The van der Waals surface area contributed by atoms with Crippen molar-refractivity contribution in [1.29, 1.82) is 0 Å². The zero-order chi connectivity index (χ0) is 8.93. The van der Waals surface area contributed by atoms with Crippen molar-refractivity contribution in [3.05, 3.63) is 30.3 Å². The highest BCUT2D eigenvalue weighted by atomic mass is 32.2. The third-order valence-electron chi connectivity index (χ3n) is 1.99. The van der Waals surface area contributed by atoms with Gasteiger partial charge in [-0.2, -0.15) is 0 Å². The van der Waals surface area contributed by atoms with Crippen LogP contribution >= 0.6 is 23.5 Å². The van der Waals surface area contributed by atoms with Crippen molar-refractivity contribution in [1.82, 2.24) is 0 Å². The average Bonchev–Trinajstić information content (AvgIpc) is 2.47. The van der Waals surface area contributed by atoms with E-state index >= 15 is 0 Å². The summed E-state index contributed by atoms with van der Waals surface area (Å²) in [5.74, 6) is 4.84. The van der Waals surface area contributed by atoms with Crippen LogP contribution in [0.15, 0.2) is 30.3 Å². The number of rotatable bonds is 1.